The van der Waals surface area contributed by atoms with Gasteiger partial charge in [0.1, 0.15) is 0 Å². The lowest BCUT2D eigenvalue weighted by Crippen LogP contribution is -2.31. The van der Waals surface area contributed by atoms with Gasteiger partial charge in [-0.2, -0.15) is 0 Å². The van der Waals surface area contributed by atoms with Crippen molar-refractivity contribution >= 4 is 32.3 Å². The van der Waals surface area contributed by atoms with Crippen molar-refractivity contribution in [3.8, 4) is 0 Å². The van der Waals surface area contributed by atoms with Gasteiger partial charge in [-0.3, -0.25) is 0 Å². The van der Waals surface area contributed by atoms with Crippen LogP contribution >= 0.6 is 0 Å². The van der Waals surface area contributed by atoms with Crippen molar-refractivity contribution in [1.82, 2.24) is 0 Å². The van der Waals surface area contributed by atoms with Crippen molar-refractivity contribution in [1.29, 1.82) is 0 Å². The van der Waals surface area contributed by atoms with E-state index >= 15 is 0 Å². The third-order valence-electron chi connectivity index (χ3n) is 5.26. The summed E-state index contributed by atoms with van der Waals surface area (Å²) in [6, 6.07) is 17.0. The molecule has 0 unspecified atom stereocenters. The third-order valence-corrected chi connectivity index (χ3v) is 5.26. The smallest absolute Gasteiger partial charge is 0.0736 e. The molecular weight excluding hydrogens is 270 g/mol. The van der Waals surface area contributed by atoms with Crippen molar-refractivity contribution in [2.75, 3.05) is 0 Å². The van der Waals surface area contributed by atoms with Crippen LogP contribution in [-0.2, 0) is 6.42 Å². The zero-order chi connectivity index (χ0) is 14.8. The van der Waals surface area contributed by atoms with Crippen LogP contribution in [0.4, 0.5) is 0 Å². The van der Waals surface area contributed by atoms with Crippen molar-refractivity contribution < 1.29 is 5.11 Å². The molecule has 2 heteroatoms. The van der Waals surface area contributed by atoms with Crippen LogP contribution in [0.25, 0.3) is 32.3 Å². The van der Waals surface area contributed by atoms with Gasteiger partial charge in [0.05, 0.1) is 12.1 Å². The lowest BCUT2D eigenvalue weighted by molar-refractivity contribution is 0.129. The number of rotatable bonds is 0. The molecule has 2 nitrogen and oxygen atoms in total. The molecule has 0 heterocycles. The molecule has 2 atom stereocenters. The lowest BCUT2D eigenvalue weighted by atomic mass is 9.78. The molecule has 0 aromatic heterocycles. The van der Waals surface area contributed by atoms with Gasteiger partial charge in [0, 0.05) is 0 Å². The largest absolute Gasteiger partial charge is 0.391 e. The highest BCUT2D eigenvalue weighted by Gasteiger charge is 2.29. The summed E-state index contributed by atoms with van der Waals surface area (Å²) >= 11 is 0. The molecule has 0 bridgehead atoms. The first kappa shape index (κ1) is 12.4. The number of hydrogen-bond donors (Lipinski definition) is 2. The molecule has 4 aromatic rings. The van der Waals surface area contributed by atoms with Gasteiger partial charge in [0.2, 0.25) is 0 Å². The van der Waals surface area contributed by atoms with E-state index in [1.807, 2.05) is 0 Å². The minimum absolute atomic E-state index is 0.294. The number of aliphatic hydroxyl groups excluding tert-OH is 1. The predicted molar refractivity (Wildman–Crippen MR) is 91.4 cm³/mol. The van der Waals surface area contributed by atoms with E-state index in [1.165, 1.54) is 37.9 Å². The highest BCUT2D eigenvalue weighted by Crippen LogP contribution is 2.43. The van der Waals surface area contributed by atoms with E-state index in [2.05, 4.69) is 48.5 Å². The fourth-order valence-electron chi connectivity index (χ4n) is 4.25. The standard InChI is InChI=1S/C20H17NO/c21-20-16(22)10-9-14-13-5-1-3-11-7-8-12-4-2-6-15(19(14)20)18(12)17(11)13/h1-8,16,20,22H,9-10,21H2/t16-,20+/m0/s1. The van der Waals surface area contributed by atoms with E-state index in [0.717, 1.165) is 18.4 Å². The maximum atomic E-state index is 10.3. The molecule has 0 amide bonds. The van der Waals surface area contributed by atoms with Crippen molar-refractivity contribution in [2.24, 2.45) is 5.73 Å². The number of benzene rings is 4. The molecule has 0 saturated heterocycles. The molecule has 22 heavy (non-hydrogen) atoms. The Hall–Kier alpha value is -2.16. The quantitative estimate of drug-likeness (QED) is 0.482. The highest BCUT2D eigenvalue weighted by atomic mass is 16.3. The summed E-state index contributed by atoms with van der Waals surface area (Å²) in [6.07, 6.45) is 1.20. The van der Waals surface area contributed by atoms with Crippen molar-refractivity contribution in [2.45, 2.75) is 25.0 Å². The fraction of sp³-hybridized carbons (Fsp3) is 0.200. The van der Waals surface area contributed by atoms with Crippen LogP contribution in [0.5, 0.6) is 0 Å². The monoisotopic (exact) mass is 287 g/mol. The maximum absolute atomic E-state index is 10.3. The zero-order valence-electron chi connectivity index (χ0n) is 12.2. The second-order valence-electron chi connectivity index (χ2n) is 6.40. The van der Waals surface area contributed by atoms with E-state index in [1.54, 1.807) is 0 Å². The van der Waals surface area contributed by atoms with Crippen LogP contribution in [-0.4, -0.2) is 11.2 Å². The first-order valence-corrected chi connectivity index (χ1v) is 7.87. The molecule has 3 N–H and O–H groups in total. The number of aryl methyl sites for hydroxylation is 1. The van der Waals surface area contributed by atoms with E-state index in [4.69, 9.17) is 5.73 Å². The lowest BCUT2D eigenvalue weighted by Gasteiger charge is -2.31. The number of nitrogens with two attached hydrogens (primary N) is 1. The first-order chi connectivity index (χ1) is 10.8. The second-order valence-corrected chi connectivity index (χ2v) is 6.40. The Labute approximate surface area is 128 Å². The number of hydrogen-bond acceptors (Lipinski definition) is 2. The molecule has 4 aromatic carbocycles. The Kier molecular flexibility index (Phi) is 2.36. The number of aliphatic hydroxyl groups is 1. The molecule has 5 rings (SSSR count). The molecule has 0 fully saturated rings. The first-order valence-electron chi connectivity index (χ1n) is 7.87. The van der Waals surface area contributed by atoms with Crippen LogP contribution in [0.1, 0.15) is 23.6 Å². The van der Waals surface area contributed by atoms with Crippen molar-refractivity contribution in [3.63, 3.8) is 0 Å². The van der Waals surface area contributed by atoms with Gasteiger partial charge in [0.25, 0.3) is 0 Å². The Morgan fingerprint density at radius 2 is 1.50 bits per heavy atom. The molecule has 108 valence electrons. The minimum atomic E-state index is -0.446. The molecule has 0 aliphatic heterocycles. The summed E-state index contributed by atoms with van der Waals surface area (Å²) < 4.78 is 0. The van der Waals surface area contributed by atoms with E-state index < -0.39 is 6.10 Å². The second kappa shape index (κ2) is 4.19. The van der Waals surface area contributed by atoms with Gasteiger partial charge in [-0.25, -0.2) is 0 Å². The zero-order valence-corrected chi connectivity index (χ0v) is 12.2. The van der Waals surface area contributed by atoms with Crippen LogP contribution < -0.4 is 5.73 Å². The van der Waals surface area contributed by atoms with Gasteiger partial charge in [-0.15, -0.1) is 0 Å². The third kappa shape index (κ3) is 1.41. The van der Waals surface area contributed by atoms with Crippen LogP contribution in [0.3, 0.4) is 0 Å². The molecular formula is C20H17NO. The van der Waals surface area contributed by atoms with Gasteiger partial charge >= 0.3 is 0 Å². The maximum Gasteiger partial charge on any atom is 0.0736 e. The molecule has 1 aliphatic carbocycles. The van der Waals surface area contributed by atoms with E-state index in [-0.39, 0.29) is 6.04 Å². The van der Waals surface area contributed by atoms with Crippen LogP contribution in [0.15, 0.2) is 48.5 Å². The average Bonchev–Trinajstić information content (AvgIpc) is 2.56. The van der Waals surface area contributed by atoms with Gasteiger partial charge in [-0.05, 0) is 56.3 Å². The summed E-state index contributed by atoms with van der Waals surface area (Å²) in [6.45, 7) is 0. The van der Waals surface area contributed by atoms with Gasteiger partial charge in [-0.1, -0.05) is 48.5 Å². The molecule has 0 spiro atoms. The van der Waals surface area contributed by atoms with Crippen LogP contribution in [0, 0.1) is 0 Å². The summed E-state index contributed by atoms with van der Waals surface area (Å²) in [7, 11) is 0. The molecule has 0 saturated carbocycles. The normalized spacial score (nSPS) is 21.7. The summed E-state index contributed by atoms with van der Waals surface area (Å²) in [5.41, 5.74) is 8.86. The predicted octanol–water partition coefficient (Wildman–Crippen LogP) is 3.89. The van der Waals surface area contributed by atoms with E-state index in [0.29, 0.717) is 0 Å². The Balaban J connectivity index is 2.12. The Morgan fingerprint density at radius 3 is 2.23 bits per heavy atom. The fourth-order valence-corrected chi connectivity index (χ4v) is 4.25. The minimum Gasteiger partial charge on any atom is -0.391 e. The summed E-state index contributed by atoms with van der Waals surface area (Å²) in [4.78, 5) is 0. The Morgan fingerprint density at radius 1 is 0.864 bits per heavy atom. The molecule has 0 radical (unpaired) electrons. The Bertz CT molecular complexity index is 1020. The molecule has 1 aliphatic rings. The topological polar surface area (TPSA) is 46.2 Å². The van der Waals surface area contributed by atoms with Gasteiger partial charge < -0.3 is 10.8 Å². The highest BCUT2D eigenvalue weighted by molar-refractivity contribution is 6.24. The van der Waals surface area contributed by atoms with Gasteiger partial charge in [0.15, 0.2) is 0 Å². The summed E-state index contributed by atoms with van der Waals surface area (Å²) in [5.74, 6) is 0. The van der Waals surface area contributed by atoms with Crippen molar-refractivity contribution in [3.05, 3.63) is 59.7 Å². The average molecular weight is 287 g/mol. The SMILES string of the molecule is N[C@H]1c2c(c3cccc4ccc5cccc2c5c43)CC[C@@H]1O. The summed E-state index contributed by atoms with van der Waals surface area (Å²) in [5, 5.41) is 17.9. The van der Waals surface area contributed by atoms with Crippen LogP contribution in [0.2, 0.25) is 0 Å². The number of fused-ring (bicyclic) bond motifs is 3. The van der Waals surface area contributed by atoms with E-state index in [9.17, 15) is 5.11 Å².